The first-order chi connectivity index (χ1) is 11.3. The van der Waals surface area contributed by atoms with Crippen LogP contribution in [-0.2, 0) is 10.0 Å². The third-order valence-electron chi connectivity index (χ3n) is 3.77. The summed E-state index contributed by atoms with van der Waals surface area (Å²) < 4.78 is 29.5. The van der Waals surface area contributed by atoms with Gasteiger partial charge in [0.1, 0.15) is 0 Å². The molecule has 0 atom stereocenters. The maximum atomic E-state index is 13.1. The maximum absolute atomic E-state index is 13.1. The summed E-state index contributed by atoms with van der Waals surface area (Å²) in [5.41, 5.74) is 3.77. The van der Waals surface area contributed by atoms with Crippen molar-refractivity contribution in [3.63, 3.8) is 0 Å². The summed E-state index contributed by atoms with van der Waals surface area (Å²) in [5.74, 6) is 0. The lowest BCUT2D eigenvalue weighted by atomic mass is 10.1. The molecule has 0 unspecified atom stereocenters. The molecule has 0 aliphatic rings. The SMILES string of the molecule is Cc1ccc(-c2c(I)c(I)cn2S(=O)(=O)c2ccc(C)cc2)cc1. The van der Waals surface area contributed by atoms with Crippen molar-refractivity contribution < 1.29 is 8.42 Å². The third-order valence-corrected chi connectivity index (χ3v) is 8.39. The molecule has 0 radical (unpaired) electrons. The Hall–Kier alpha value is -0.870. The molecule has 3 nitrogen and oxygen atoms in total. The Labute approximate surface area is 169 Å². The van der Waals surface area contributed by atoms with E-state index < -0.39 is 10.0 Å². The Morgan fingerprint density at radius 3 is 1.88 bits per heavy atom. The van der Waals surface area contributed by atoms with E-state index in [9.17, 15) is 8.42 Å². The summed E-state index contributed by atoms with van der Waals surface area (Å²) in [7, 11) is -3.64. The first-order valence-electron chi connectivity index (χ1n) is 7.26. The van der Waals surface area contributed by atoms with Gasteiger partial charge in [0, 0.05) is 15.3 Å². The van der Waals surface area contributed by atoms with Crippen LogP contribution < -0.4 is 0 Å². The van der Waals surface area contributed by atoms with Gasteiger partial charge in [-0.1, -0.05) is 47.5 Å². The predicted molar refractivity (Wildman–Crippen MR) is 114 cm³/mol. The summed E-state index contributed by atoms with van der Waals surface area (Å²) in [6.07, 6.45) is 1.69. The van der Waals surface area contributed by atoms with Crippen LogP contribution in [0.15, 0.2) is 59.6 Å². The van der Waals surface area contributed by atoms with Crippen molar-refractivity contribution in [2.24, 2.45) is 0 Å². The lowest BCUT2D eigenvalue weighted by molar-refractivity contribution is 0.588. The molecule has 0 bridgehead atoms. The van der Waals surface area contributed by atoms with Crippen molar-refractivity contribution in [2.45, 2.75) is 18.7 Å². The van der Waals surface area contributed by atoms with E-state index in [-0.39, 0.29) is 0 Å². The van der Waals surface area contributed by atoms with Crippen molar-refractivity contribution in [3.8, 4) is 11.3 Å². The molecule has 0 aliphatic carbocycles. The Bertz CT molecular complexity index is 989. The largest absolute Gasteiger partial charge is 0.268 e. The van der Waals surface area contributed by atoms with Gasteiger partial charge in [-0.15, -0.1) is 0 Å². The van der Waals surface area contributed by atoms with Crippen molar-refractivity contribution in [1.82, 2.24) is 3.97 Å². The summed E-state index contributed by atoms with van der Waals surface area (Å²) in [6.45, 7) is 3.95. The fraction of sp³-hybridized carbons (Fsp3) is 0.111. The van der Waals surface area contributed by atoms with Gasteiger partial charge in [-0.05, 0) is 71.2 Å². The molecule has 0 amide bonds. The molecule has 0 spiro atoms. The lowest BCUT2D eigenvalue weighted by Gasteiger charge is -2.12. The zero-order valence-corrected chi connectivity index (χ0v) is 18.3. The number of nitrogens with zero attached hydrogens (tertiary/aromatic N) is 1. The van der Waals surface area contributed by atoms with E-state index in [1.165, 1.54) is 3.97 Å². The van der Waals surface area contributed by atoms with Crippen LogP contribution in [0.1, 0.15) is 11.1 Å². The molecule has 1 aromatic heterocycles. The second kappa shape index (κ2) is 6.80. The van der Waals surface area contributed by atoms with Gasteiger partial charge in [0.05, 0.1) is 14.2 Å². The van der Waals surface area contributed by atoms with Gasteiger partial charge in [0.2, 0.25) is 0 Å². The number of benzene rings is 2. The van der Waals surface area contributed by atoms with Crippen LogP contribution in [0.2, 0.25) is 0 Å². The summed E-state index contributed by atoms with van der Waals surface area (Å²) in [4.78, 5) is 0.296. The molecule has 0 aliphatic heterocycles. The quantitative estimate of drug-likeness (QED) is 0.411. The monoisotopic (exact) mass is 563 g/mol. The van der Waals surface area contributed by atoms with E-state index in [0.717, 1.165) is 23.8 Å². The molecule has 0 saturated carbocycles. The molecular formula is C18H15I2NO2S. The van der Waals surface area contributed by atoms with Gasteiger partial charge in [-0.2, -0.15) is 0 Å². The van der Waals surface area contributed by atoms with Gasteiger partial charge in [-0.3, -0.25) is 0 Å². The first-order valence-corrected chi connectivity index (χ1v) is 10.9. The van der Waals surface area contributed by atoms with Gasteiger partial charge >= 0.3 is 0 Å². The molecule has 24 heavy (non-hydrogen) atoms. The van der Waals surface area contributed by atoms with Crippen LogP contribution in [0.25, 0.3) is 11.3 Å². The Balaban J connectivity index is 2.23. The molecule has 3 aromatic rings. The summed E-state index contributed by atoms with van der Waals surface area (Å²) >= 11 is 4.39. The molecule has 1 heterocycles. The van der Waals surface area contributed by atoms with Crippen LogP contribution >= 0.6 is 45.2 Å². The Kier molecular flexibility index (Phi) is 5.08. The van der Waals surface area contributed by atoms with Crippen LogP contribution in [0.4, 0.5) is 0 Å². The number of aromatic nitrogens is 1. The van der Waals surface area contributed by atoms with E-state index in [4.69, 9.17) is 0 Å². The predicted octanol–water partition coefficient (Wildman–Crippen LogP) is 5.22. The maximum Gasteiger partial charge on any atom is 0.268 e. The molecule has 124 valence electrons. The number of rotatable bonds is 3. The van der Waals surface area contributed by atoms with Gasteiger partial charge < -0.3 is 0 Å². The molecular weight excluding hydrogens is 548 g/mol. The fourth-order valence-corrected chi connectivity index (χ4v) is 5.40. The molecule has 2 aromatic carbocycles. The molecule has 0 saturated heterocycles. The summed E-state index contributed by atoms with van der Waals surface area (Å²) in [5, 5.41) is 0. The molecule has 6 heteroatoms. The van der Waals surface area contributed by atoms with Crippen molar-refractivity contribution in [2.75, 3.05) is 0 Å². The van der Waals surface area contributed by atoms with Gasteiger partial charge in [0.25, 0.3) is 10.0 Å². The normalized spacial score (nSPS) is 11.7. The number of hydrogen-bond acceptors (Lipinski definition) is 2. The minimum atomic E-state index is -3.64. The van der Waals surface area contributed by atoms with Crippen molar-refractivity contribution in [1.29, 1.82) is 0 Å². The molecule has 0 fully saturated rings. The Morgan fingerprint density at radius 2 is 1.33 bits per heavy atom. The fourth-order valence-electron chi connectivity index (χ4n) is 2.41. The minimum Gasteiger partial charge on any atom is -0.239 e. The summed E-state index contributed by atoms with van der Waals surface area (Å²) in [6, 6.07) is 14.9. The average Bonchev–Trinajstić information content (AvgIpc) is 2.85. The molecule has 0 N–H and O–H groups in total. The van der Waals surface area contributed by atoms with Crippen LogP contribution in [0.3, 0.4) is 0 Å². The highest BCUT2D eigenvalue weighted by Gasteiger charge is 2.24. The highest BCUT2D eigenvalue weighted by molar-refractivity contribution is 14.1. The average molecular weight is 563 g/mol. The third kappa shape index (κ3) is 3.28. The van der Waals surface area contributed by atoms with Gasteiger partial charge in [-0.25, -0.2) is 12.4 Å². The van der Waals surface area contributed by atoms with E-state index >= 15 is 0 Å². The zero-order chi connectivity index (χ0) is 17.5. The zero-order valence-electron chi connectivity index (χ0n) is 13.1. The highest BCUT2D eigenvalue weighted by atomic mass is 127. The number of halogens is 2. The second-order valence-electron chi connectivity index (χ2n) is 5.62. The smallest absolute Gasteiger partial charge is 0.239 e. The van der Waals surface area contributed by atoms with E-state index in [2.05, 4.69) is 45.2 Å². The van der Waals surface area contributed by atoms with E-state index in [0.29, 0.717) is 10.6 Å². The Morgan fingerprint density at radius 1 is 0.833 bits per heavy atom. The standard InChI is InChI=1S/C18H15I2NO2S/c1-12-3-7-14(8-4-12)18-17(20)16(19)11-21(18)24(22,23)15-9-5-13(2)6-10-15/h3-11H,1-2H3. The first kappa shape index (κ1) is 17.9. The van der Waals surface area contributed by atoms with Crippen molar-refractivity contribution >= 4 is 55.2 Å². The van der Waals surface area contributed by atoms with E-state index in [1.807, 2.05) is 50.2 Å². The number of hydrogen-bond donors (Lipinski definition) is 0. The highest BCUT2D eigenvalue weighted by Crippen LogP contribution is 2.33. The molecule has 3 rings (SSSR count). The number of aryl methyl sites for hydroxylation is 2. The van der Waals surface area contributed by atoms with Gasteiger partial charge in [0.15, 0.2) is 0 Å². The minimum absolute atomic E-state index is 0.296. The van der Waals surface area contributed by atoms with Crippen LogP contribution in [0.5, 0.6) is 0 Å². The van der Waals surface area contributed by atoms with Crippen LogP contribution in [-0.4, -0.2) is 12.4 Å². The van der Waals surface area contributed by atoms with Crippen molar-refractivity contribution in [3.05, 3.63) is 73.0 Å². The second-order valence-corrected chi connectivity index (χ2v) is 9.68. The van der Waals surface area contributed by atoms with Crippen LogP contribution in [0, 0.1) is 21.0 Å². The topological polar surface area (TPSA) is 39.1 Å². The van der Waals surface area contributed by atoms with E-state index in [1.54, 1.807) is 18.3 Å². The lowest BCUT2D eigenvalue weighted by Crippen LogP contribution is -2.13.